The van der Waals surface area contributed by atoms with E-state index in [1.165, 1.54) is 44.0 Å². The topological polar surface area (TPSA) is 102 Å². The second-order valence-electron chi connectivity index (χ2n) is 6.82. The van der Waals surface area contributed by atoms with E-state index < -0.39 is 21.7 Å². The van der Waals surface area contributed by atoms with Gasteiger partial charge in [-0.3, -0.25) is 9.59 Å². The van der Waals surface area contributed by atoms with Gasteiger partial charge in [0.25, 0.3) is 0 Å². The standard InChI is InChI=1S/C20H21ClN2O5S2/c1-12(20(25)23-15-9-13(21)3-5-17(15)28-2)11-30(26,27)14-4-6-18-16(10-14)22-19(24)7-8-29-18/h3-6,9-10,12H,7-8,11H2,1-2H3,(H,22,24)(H,23,25). The van der Waals surface area contributed by atoms with Crippen molar-refractivity contribution in [2.45, 2.75) is 23.1 Å². The summed E-state index contributed by atoms with van der Waals surface area (Å²) in [6.07, 6.45) is 0.367. The number of benzene rings is 2. The Labute approximate surface area is 184 Å². The molecule has 2 aromatic carbocycles. The molecule has 10 heteroatoms. The van der Waals surface area contributed by atoms with E-state index in [4.69, 9.17) is 16.3 Å². The van der Waals surface area contributed by atoms with E-state index in [1.54, 1.807) is 18.2 Å². The Morgan fingerprint density at radius 2 is 2.07 bits per heavy atom. The second kappa shape index (κ2) is 9.28. The van der Waals surface area contributed by atoms with Crippen molar-refractivity contribution in [3.8, 4) is 5.75 Å². The van der Waals surface area contributed by atoms with Crippen molar-refractivity contribution in [1.82, 2.24) is 0 Å². The molecule has 7 nitrogen and oxygen atoms in total. The first-order valence-electron chi connectivity index (χ1n) is 9.13. The Hall–Kier alpha value is -2.23. The first kappa shape index (κ1) is 22.5. The van der Waals surface area contributed by atoms with Crippen LogP contribution >= 0.6 is 23.4 Å². The minimum absolute atomic E-state index is 0.0593. The van der Waals surface area contributed by atoms with Gasteiger partial charge in [-0.15, -0.1) is 11.8 Å². The Kier molecular flexibility index (Phi) is 6.95. The van der Waals surface area contributed by atoms with Gasteiger partial charge in [0.2, 0.25) is 11.8 Å². The number of nitrogens with one attached hydrogen (secondary N) is 2. The van der Waals surface area contributed by atoms with Crippen molar-refractivity contribution in [3.63, 3.8) is 0 Å². The zero-order valence-corrected chi connectivity index (χ0v) is 18.8. The first-order chi connectivity index (χ1) is 14.2. The van der Waals surface area contributed by atoms with Crippen molar-refractivity contribution in [1.29, 1.82) is 0 Å². The summed E-state index contributed by atoms with van der Waals surface area (Å²) in [5, 5.41) is 5.81. The number of ether oxygens (including phenoxy) is 1. The van der Waals surface area contributed by atoms with E-state index in [-0.39, 0.29) is 16.6 Å². The number of methoxy groups -OCH3 is 1. The van der Waals surface area contributed by atoms with Gasteiger partial charge in [-0.1, -0.05) is 18.5 Å². The predicted molar refractivity (Wildman–Crippen MR) is 118 cm³/mol. The summed E-state index contributed by atoms with van der Waals surface area (Å²) in [7, 11) is -2.30. The van der Waals surface area contributed by atoms with Crippen LogP contribution in [0.25, 0.3) is 0 Å². The van der Waals surface area contributed by atoms with E-state index in [1.807, 2.05) is 0 Å². The van der Waals surface area contributed by atoms with Crippen LogP contribution in [0.15, 0.2) is 46.2 Å². The number of anilines is 2. The normalized spacial score (nSPS) is 14.8. The third kappa shape index (κ3) is 5.27. The molecular weight excluding hydrogens is 448 g/mol. The van der Waals surface area contributed by atoms with Crippen LogP contribution in [0, 0.1) is 5.92 Å². The van der Waals surface area contributed by atoms with Crippen molar-refractivity contribution >= 4 is 56.4 Å². The molecule has 0 radical (unpaired) electrons. The quantitative estimate of drug-likeness (QED) is 0.668. The lowest BCUT2D eigenvalue weighted by molar-refractivity contribution is -0.119. The summed E-state index contributed by atoms with van der Waals surface area (Å²) in [5.41, 5.74) is 0.841. The molecule has 1 aliphatic heterocycles. The fourth-order valence-corrected chi connectivity index (χ4v) is 5.61. The number of carbonyl (C=O) groups is 2. The number of hydrogen-bond acceptors (Lipinski definition) is 6. The SMILES string of the molecule is COc1ccc(Cl)cc1NC(=O)C(C)CS(=O)(=O)c1ccc2c(c1)NC(=O)CCS2. The Balaban J connectivity index is 1.76. The lowest BCUT2D eigenvalue weighted by Gasteiger charge is -2.15. The van der Waals surface area contributed by atoms with Gasteiger partial charge in [-0.05, 0) is 36.4 Å². The van der Waals surface area contributed by atoms with Crippen LogP contribution in [0.2, 0.25) is 5.02 Å². The maximum absolute atomic E-state index is 12.9. The summed E-state index contributed by atoms with van der Waals surface area (Å²) in [6, 6.07) is 9.40. The lowest BCUT2D eigenvalue weighted by atomic mass is 10.2. The monoisotopic (exact) mass is 468 g/mol. The van der Waals surface area contributed by atoms with Crippen LogP contribution in [-0.4, -0.2) is 38.8 Å². The molecule has 1 atom stereocenters. The summed E-state index contributed by atoms with van der Waals surface area (Å²) in [4.78, 5) is 25.2. The lowest BCUT2D eigenvalue weighted by Crippen LogP contribution is -2.27. The number of fused-ring (bicyclic) bond motifs is 1. The third-order valence-electron chi connectivity index (χ3n) is 4.51. The molecule has 0 aromatic heterocycles. The predicted octanol–water partition coefficient (Wildman–Crippen LogP) is 3.83. The van der Waals surface area contributed by atoms with Gasteiger partial charge in [-0.25, -0.2) is 8.42 Å². The molecule has 0 bridgehead atoms. The molecule has 2 N–H and O–H groups in total. The van der Waals surface area contributed by atoms with Gasteiger partial charge in [0.05, 0.1) is 29.1 Å². The Bertz CT molecular complexity index is 1090. The Morgan fingerprint density at radius 1 is 1.30 bits per heavy atom. The summed E-state index contributed by atoms with van der Waals surface area (Å²) < 4.78 is 31.0. The van der Waals surface area contributed by atoms with Crippen LogP contribution in [0.3, 0.4) is 0 Å². The largest absolute Gasteiger partial charge is 0.495 e. The molecule has 1 unspecified atom stereocenters. The van der Waals surface area contributed by atoms with Gasteiger partial charge >= 0.3 is 0 Å². The number of hydrogen-bond donors (Lipinski definition) is 2. The smallest absolute Gasteiger partial charge is 0.228 e. The van der Waals surface area contributed by atoms with Crippen molar-refractivity contribution in [2.24, 2.45) is 5.92 Å². The van der Waals surface area contributed by atoms with Gasteiger partial charge < -0.3 is 15.4 Å². The summed E-state index contributed by atoms with van der Waals surface area (Å²) >= 11 is 7.46. The van der Waals surface area contributed by atoms with Crippen LogP contribution in [0.1, 0.15) is 13.3 Å². The molecule has 0 spiro atoms. The van der Waals surface area contributed by atoms with Crippen LogP contribution in [-0.2, 0) is 19.4 Å². The molecule has 1 heterocycles. The number of rotatable bonds is 6. The molecule has 0 aliphatic carbocycles. The maximum Gasteiger partial charge on any atom is 0.228 e. The highest BCUT2D eigenvalue weighted by atomic mass is 35.5. The number of halogens is 1. The third-order valence-corrected chi connectivity index (χ3v) is 7.73. The summed E-state index contributed by atoms with van der Waals surface area (Å²) in [6.45, 7) is 1.53. The fourth-order valence-electron chi connectivity index (χ4n) is 2.93. The fraction of sp³-hybridized carbons (Fsp3) is 0.300. The van der Waals surface area contributed by atoms with Gasteiger partial charge in [0.15, 0.2) is 9.84 Å². The van der Waals surface area contributed by atoms with E-state index in [2.05, 4.69) is 10.6 Å². The molecule has 1 aliphatic rings. The van der Waals surface area contributed by atoms with Crippen LogP contribution in [0.5, 0.6) is 5.75 Å². The minimum atomic E-state index is -3.76. The average molecular weight is 469 g/mol. The highest BCUT2D eigenvalue weighted by Crippen LogP contribution is 2.33. The maximum atomic E-state index is 12.9. The number of carbonyl (C=O) groups excluding carboxylic acids is 2. The number of thioether (sulfide) groups is 1. The van der Waals surface area contributed by atoms with Crippen molar-refractivity contribution < 1.29 is 22.7 Å². The zero-order chi connectivity index (χ0) is 21.9. The molecule has 0 saturated heterocycles. The van der Waals surface area contributed by atoms with Gasteiger partial charge in [0.1, 0.15) is 5.75 Å². The van der Waals surface area contributed by atoms with Crippen molar-refractivity contribution in [2.75, 3.05) is 29.2 Å². The zero-order valence-electron chi connectivity index (χ0n) is 16.4. The van der Waals surface area contributed by atoms with Crippen LogP contribution < -0.4 is 15.4 Å². The molecular formula is C20H21ClN2O5S2. The van der Waals surface area contributed by atoms with Crippen molar-refractivity contribution in [3.05, 3.63) is 41.4 Å². The molecule has 2 amide bonds. The molecule has 160 valence electrons. The molecule has 0 fully saturated rings. The molecule has 30 heavy (non-hydrogen) atoms. The average Bonchev–Trinajstić information content (AvgIpc) is 2.87. The van der Waals surface area contributed by atoms with Gasteiger partial charge in [0, 0.05) is 28.0 Å². The number of sulfone groups is 1. The van der Waals surface area contributed by atoms with E-state index >= 15 is 0 Å². The van der Waals surface area contributed by atoms with Gasteiger partial charge in [-0.2, -0.15) is 0 Å². The summed E-state index contributed by atoms with van der Waals surface area (Å²) in [5.74, 6) is -0.795. The molecule has 2 aromatic rings. The number of amides is 2. The minimum Gasteiger partial charge on any atom is -0.495 e. The van der Waals surface area contributed by atoms with E-state index in [0.717, 1.165) is 4.90 Å². The Morgan fingerprint density at radius 3 is 2.80 bits per heavy atom. The first-order valence-corrected chi connectivity index (χ1v) is 12.1. The molecule has 3 rings (SSSR count). The highest BCUT2D eigenvalue weighted by molar-refractivity contribution is 7.99. The highest BCUT2D eigenvalue weighted by Gasteiger charge is 2.25. The van der Waals surface area contributed by atoms with E-state index in [9.17, 15) is 18.0 Å². The van der Waals surface area contributed by atoms with Crippen LogP contribution in [0.4, 0.5) is 11.4 Å². The second-order valence-corrected chi connectivity index (χ2v) is 10.4. The molecule has 0 saturated carbocycles. The van der Waals surface area contributed by atoms with E-state index in [0.29, 0.717) is 34.3 Å².